The Kier molecular flexibility index (Phi) is 5.65. The lowest BCUT2D eigenvalue weighted by Gasteiger charge is -2.26. The Morgan fingerprint density at radius 3 is 2.04 bits per heavy atom. The first-order valence-electron chi connectivity index (χ1n) is 8.84. The number of nitrogens with one attached hydrogen (secondary N) is 2. The normalized spacial score (nSPS) is 15.2. The summed E-state index contributed by atoms with van der Waals surface area (Å²) in [6, 6.07) is 20.8. The van der Waals surface area contributed by atoms with Gasteiger partial charge in [-0.2, -0.15) is 0 Å². The minimum absolute atomic E-state index is 0.0324. The third kappa shape index (κ3) is 4.68. The van der Waals surface area contributed by atoms with Crippen LogP contribution < -0.4 is 10.6 Å². The zero-order valence-corrected chi connectivity index (χ0v) is 14.2. The highest BCUT2D eigenvalue weighted by Gasteiger charge is 2.23. The van der Waals surface area contributed by atoms with Gasteiger partial charge in [-0.05, 0) is 43.4 Å². The average Bonchev–Trinajstić information content (AvgIpc) is 3.41. The molecular formula is C21H26N2O. The first-order chi connectivity index (χ1) is 11.7. The molecule has 0 aliphatic heterocycles. The van der Waals surface area contributed by atoms with Crippen molar-refractivity contribution in [1.29, 1.82) is 0 Å². The summed E-state index contributed by atoms with van der Waals surface area (Å²) < 4.78 is 0. The number of carbonyl (C=O) groups excluding carboxylic acids is 1. The number of amides is 1. The van der Waals surface area contributed by atoms with Crippen LogP contribution in [0.5, 0.6) is 0 Å². The van der Waals surface area contributed by atoms with Gasteiger partial charge >= 0.3 is 0 Å². The van der Waals surface area contributed by atoms with Gasteiger partial charge in [0.25, 0.3) is 0 Å². The highest BCUT2D eigenvalue weighted by molar-refractivity contribution is 5.78. The van der Waals surface area contributed by atoms with E-state index < -0.39 is 0 Å². The molecule has 2 N–H and O–H groups in total. The van der Waals surface area contributed by atoms with Gasteiger partial charge in [-0.3, -0.25) is 4.79 Å². The van der Waals surface area contributed by atoms with E-state index in [-0.39, 0.29) is 17.9 Å². The summed E-state index contributed by atoms with van der Waals surface area (Å²) in [7, 11) is 0. The van der Waals surface area contributed by atoms with E-state index in [2.05, 4.69) is 66.1 Å². The summed E-state index contributed by atoms with van der Waals surface area (Å²) in [4.78, 5) is 12.2. The Morgan fingerprint density at radius 2 is 1.54 bits per heavy atom. The maximum Gasteiger partial charge on any atom is 0.234 e. The minimum atomic E-state index is 0.0324. The molecule has 1 amide bonds. The number of benzene rings is 2. The fraction of sp³-hybridized carbons (Fsp3) is 0.381. The molecule has 0 saturated heterocycles. The summed E-state index contributed by atoms with van der Waals surface area (Å²) >= 11 is 0. The van der Waals surface area contributed by atoms with Crippen molar-refractivity contribution in [1.82, 2.24) is 10.6 Å². The largest absolute Gasteiger partial charge is 0.352 e. The van der Waals surface area contributed by atoms with E-state index in [4.69, 9.17) is 0 Å². The number of hydrogen-bond donors (Lipinski definition) is 2. The zero-order valence-electron chi connectivity index (χ0n) is 14.2. The fourth-order valence-electron chi connectivity index (χ4n) is 3.19. The van der Waals surface area contributed by atoms with Gasteiger partial charge < -0.3 is 10.6 Å². The monoisotopic (exact) mass is 322 g/mol. The number of hydrogen-bond acceptors (Lipinski definition) is 2. The molecule has 1 unspecified atom stereocenters. The first-order valence-corrected chi connectivity index (χ1v) is 8.84. The molecule has 2 aromatic rings. The lowest BCUT2D eigenvalue weighted by atomic mass is 9.86. The Hall–Kier alpha value is -2.13. The van der Waals surface area contributed by atoms with Gasteiger partial charge in [0.2, 0.25) is 5.91 Å². The van der Waals surface area contributed by atoms with Crippen molar-refractivity contribution >= 4 is 5.91 Å². The maximum absolute atomic E-state index is 12.2. The molecule has 0 heterocycles. The highest BCUT2D eigenvalue weighted by Crippen LogP contribution is 2.28. The van der Waals surface area contributed by atoms with E-state index in [1.807, 2.05) is 12.1 Å². The lowest BCUT2D eigenvalue weighted by molar-refractivity contribution is -0.120. The van der Waals surface area contributed by atoms with Crippen molar-refractivity contribution in [2.45, 2.75) is 31.7 Å². The van der Waals surface area contributed by atoms with Crippen LogP contribution in [-0.2, 0) is 4.79 Å². The van der Waals surface area contributed by atoms with Crippen LogP contribution in [-0.4, -0.2) is 25.0 Å². The molecule has 0 spiro atoms. The zero-order chi connectivity index (χ0) is 16.8. The molecule has 0 bridgehead atoms. The molecule has 2 aromatic carbocycles. The SMILES string of the molecule is CC(NC(=O)CNCC1CC1)C(c1ccccc1)c1ccccc1. The molecule has 1 aliphatic carbocycles. The van der Waals surface area contributed by atoms with Crippen molar-refractivity contribution in [3.8, 4) is 0 Å². The smallest absolute Gasteiger partial charge is 0.234 e. The van der Waals surface area contributed by atoms with Crippen LogP contribution in [0.15, 0.2) is 60.7 Å². The van der Waals surface area contributed by atoms with Crippen LogP contribution in [0.25, 0.3) is 0 Å². The van der Waals surface area contributed by atoms with Gasteiger partial charge in [0, 0.05) is 12.0 Å². The van der Waals surface area contributed by atoms with Crippen LogP contribution in [0.2, 0.25) is 0 Å². The Bertz CT molecular complexity index is 598. The summed E-state index contributed by atoms with van der Waals surface area (Å²) in [5, 5.41) is 6.43. The van der Waals surface area contributed by atoms with Gasteiger partial charge in [-0.15, -0.1) is 0 Å². The summed E-state index contributed by atoms with van der Waals surface area (Å²) in [5.74, 6) is 1.01. The van der Waals surface area contributed by atoms with Gasteiger partial charge in [-0.1, -0.05) is 60.7 Å². The molecule has 3 heteroatoms. The van der Waals surface area contributed by atoms with E-state index in [1.165, 1.54) is 24.0 Å². The van der Waals surface area contributed by atoms with E-state index in [0.717, 1.165) is 12.5 Å². The predicted octanol–water partition coefficient (Wildman–Crippen LogP) is 3.32. The predicted molar refractivity (Wildman–Crippen MR) is 97.9 cm³/mol. The Balaban J connectivity index is 1.66. The second-order valence-corrected chi connectivity index (χ2v) is 6.73. The standard InChI is InChI=1S/C21H26N2O/c1-16(23-20(24)15-22-14-17-12-13-17)21(18-8-4-2-5-9-18)19-10-6-3-7-11-19/h2-11,16-17,21-22H,12-15H2,1H3,(H,23,24). The molecule has 1 atom stereocenters. The van der Waals surface area contributed by atoms with Crippen LogP contribution in [0.1, 0.15) is 36.8 Å². The molecule has 24 heavy (non-hydrogen) atoms. The molecule has 1 aliphatic rings. The summed E-state index contributed by atoms with van der Waals surface area (Å²) in [6.45, 7) is 3.45. The van der Waals surface area contributed by atoms with Crippen LogP contribution in [0.3, 0.4) is 0 Å². The molecule has 1 saturated carbocycles. The van der Waals surface area contributed by atoms with Crippen molar-refractivity contribution < 1.29 is 4.79 Å². The van der Waals surface area contributed by atoms with E-state index in [0.29, 0.717) is 6.54 Å². The summed E-state index contributed by atoms with van der Waals surface area (Å²) in [5.41, 5.74) is 2.45. The Morgan fingerprint density at radius 1 is 1.00 bits per heavy atom. The third-order valence-corrected chi connectivity index (χ3v) is 4.62. The molecular weight excluding hydrogens is 296 g/mol. The molecule has 3 rings (SSSR count). The molecule has 1 fully saturated rings. The molecule has 0 aromatic heterocycles. The number of rotatable bonds is 8. The topological polar surface area (TPSA) is 41.1 Å². The van der Waals surface area contributed by atoms with E-state index in [1.54, 1.807) is 0 Å². The summed E-state index contributed by atoms with van der Waals surface area (Å²) in [6.07, 6.45) is 2.60. The molecule has 0 radical (unpaired) electrons. The second kappa shape index (κ2) is 8.11. The van der Waals surface area contributed by atoms with Crippen molar-refractivity contribution in [2.75, 3.05) is 13.1 Å². The van der Waals surface area contributed by atoms with Gasteiger partial charge in [-0.25, -0.2) is 0 Å². The molecule has 126 valence electrons. The van der Waals surface area contributed by atoms with Crippen molar-refractivity contribution in [3.63, 3.8) is 0 Å². The van der Waals surface area contributed by atoms with Crippen molar-refractivity contribution in [2.24, 2.45) is 5.92 Å². The van der Waals surface area contributed by atoms with Gasteiger partial charge in [0.05, 0.1) is 6.54 Å². The minimum Gasteiger partial charge on any atom is -0.352 e. The van der Waals surface area contributed by atoms with Crippen LogP contribution in [0, 0.1) is 5.92 Å². The number of carbonyl (C=O) groups is 1. The lowest BCUT2D eigenvalue weighted by Crippen LogP contribution is -2.42. The van der Waals surface area contributed by atoms with Gasteiger partial charge in [0.1, 0.15) is 0 Å². The molecule has 3 nitrogen and oxygen atoms in total. The third-order valence-electron chi connectivity index (χ3n) is 4.62. The fourth-order valence-corrected chi connectivity index (χ4v) is 3.19. The van der Waals surface area contributed by atoms with Crippen LogP contribution >= 0.6 is 0 Å². The Labute approximate surface area is 144 Å². The maximum atomic E-state index is 12.2. The van der Waals surface area contributed by atoms with Crippen molar-refractivity contribution in [3.05, 3.63) is 71.8 Å². The van der Waals surface area contributed by atoms with Crippen LogP contribution in [0.4, 0.5) is 0 Å². The van der Waals surface area contributed by atoms with Gasteiger partial charge in [0.15, 0.2) is 0 Å². The van der Waals surface area contributed by atoms with E-state index in [9.17, 15) is 4.79 Å². The second-order valence-electron chi connectivity index (χ2n) is 6.73. The quantitative estimate of drug-likeness (QED) is 0.783. The van der Waals surface area contributed by atoms with E-state index >= 15 is 0 Å². The first kappa shape index (κ1) is 16.7. The highest BCUT2D eigenvalue weighted by atomic mass is 16.1. The average molecular weight is 322 g/mol.